The van der Waals surface area contributed by atoms with Crippen molar-refractivity contribution in [3.05, 3.63) is 35.4 Å². The molecule has 1 saturated carbocycles. The summed E-state index contributed by atoms with van der Waals surface area (Å²) in [6, 6.07) is 7.95. The van der Waals surface area contributed by atoms with Crippen LogP contribution < -0.4 is 0 Å². The number of benzene rings is 1. The Kier molecular flexibility index (Phi) is 3.63. The monoisotopic (exact) mass is 232 g/mol. The molecule has 92 valence electrons. The fourth-order valence-corrected chi connectivity index (χ4v) is 2.36. The molecule has 2 rings (SSSR count). The van der Waals surface area contributed by atoms with Crippen molar-refractivity contribution in [2.45, 2.75) is 44.6 Å². The van der Waals surface area contributed by atoms with E-state index in [4.69, 9.17) is 4.74 Å². The van der Waals surface area contributed by atoms with E-state index in [0.717, 1.165) is 18.5 Å². The molecule has 0 saturated heterocycles. The highest BCUT2D eigenvalue weighted by Crippen LogP contribution is 2.44. The van der Waals surface area contributed by atoms with Gasteiger partial charge >= 0.3 is 0 Å². The van der Waals surface area contributed by atoms with Crippen LogP contribution in [0.1, 0.15) is 49.0 Å². The Balaban J connectivity index is 2.13. The van der Waals surface area contributed by atoms with E-state index in [9.17, 15) is 4.79 Å². The zero-order valence-corrected chi connectivity index (χ0v) is 10.6. The lowest BCUT2D eigenvalue weighted by molar-refractivity contribution is 0.00987. The van der Waals surface area contributed by atoms with Gasteiger partial charge in [0.2, 0.25) is 0 Å². The van der Waals surface area contributed by atoms with E-state index in [0.29, 0.717) is 0 Å². The number of carbonyl (C=O) groups is 1. The lowest BCUT2D eigenvalue weighted by Crippen LogP contribution is -2.39. The number of aldehydes is 1. The number of hydrogen-bond donors (Lipinski definition) is 0. The van der Waals surface area contributed by atoms with Crippen molar-refractivity contribution in [1.82, 2.24) is 0 Å². The Bertz CT molecular complexity index is 374. The van der Waals surface area contributed by atoms with E-state index in [-0.39, 0.29) is 11.5 Å². The lowest BCUT2D eigenvalue weighted by Gasteiger charge is -2.42. The van der Waals surface area contributed by atoms with Crippen molar-refractivity contribution in [3.63, 3.8) is 0 Å². The number of ether oxygens (including phenoxy) is 1. The van der Waals surface area contributed by atoms with Crippen molar-refractivity contribution >= 4 is 6.29 Å². The Morgan fingerprint density at radius 2 is 1.94 bits per heavy atom. The summed E-state index contributed by atoms with van der Waals surface area (Å²) in [7, 11) is 0. The van der Waals surface area contributed by atoms with E-state index >= 15 is 0 Å². The largest absolute Gasteiger partial charge is 0.378 e. The topological polar surface area (TPSA) is 26.3 Å². The average molecular weight is 232 g/mol. The summed E-state index contributed by atoms with van der Waals surface area (Å²) in [5, 5.41) is 0. The first-order valence-electron chi connectivity index (χ1n) is 6.34. The molecule has 1 aromatic rings. The zero-order chi connectivity index (χ0) is 12.3. The third-order valence-corrected chi connectivity index (χ3v) is 3.66. The van der Waals surface area contributed by atoms with Gasteiger partial charge in [0.15, 0.2) is 0 Å². The van der Waals surface area contributed by atoms with E-state index in [1.165, 1.54) is 24.8 Å². The first-order valence-corrected chi connectivity index (χ1v) is 6.34. The molecular weight excluding hydrogens is 212 g/mol. The Hall–Kier alpha value is -1.15. The summed E-state index contributed by atoms with van der Waals surface area (Å²) >= 11 is 0. The highest BCUT2D eigenvalue weighted by atomic mass is 16.5. The summed E-state index contributed by atoms with van der Waals surface area (Å²) < 4.78 is 5.79. The molecule has 0 radical (unpaired) electrons. The smallest absolute Gasteiger partial charge is 0.150 e. The van der Waals surface area contributed by atoms with Gasteiger partial charge in [0.05, 0.1) is 12.7 Å². The van der Waals surface area contributed by atoms with Crippen molar-refractivity contribution in [2.24, 2.45) is 0 Å². The van der Waals surface area contributed by atoms with Crippen LogP contribution in [-0.4, -0.2) is 19.0 Å². The van der Waals surface area contributed by atoms with E-state index in [1.54, 1.807) is 0 Å². The fraction of sp³-hybridized carbons (Fsp3) is 0.533. The standard InChI is InChI=1S/C15H20O2/c1-12(2)17-11-15(8-3-9-15)14-6-4-13(10-16)5-7-14/h4-7,10,12H,3,8-9,11H2,1-2H3. The molecule has 0 atom stereocenters. The minimum Gasteiger partial charge on any atom is -0.378 e. The molecule has 0 heterocycles. The molecule has 0 amide bonds. The van der Waals surface area contributed by atoms with Crippen molar-refractivity contribution in [1.29, 1.82) is 0 Å². The highest BCUT2D eigenvalue weighted by Gasteiger charge is 2.39. The second-order valence-corrected chi connectivity index (χ2v) is 5.23. The predicted molar refractivity (Wildman–Crippen MR) is 68.4 cm³/mol. The van der Waals surface area contributed by atoms with E-state index < -0.39 is 0 Å². The molecular formula is C15H20O2. The van der Waals surface area contributed by atoms with Crippen LogP contribution in [0.5, 0.6) is 0 Å². The number of rotatable bonds is 5. The summed E-state index contributed by atoms with van der Waals surface area (Å²) in [6.07, 6.45) is 4.83. The maximum absolute atomic E-state index is 10.6. The van der Waals surface area contributed by atoms with Gasteiger partial charge in [-0.2, -0.15) is 0 Å². The van der Waals surface area contributed by atoms with Crippen LogP contribution in [0.25, 0.3) is 0 Å². The molecule has 0 aliphatic heterocycles. The molecule has 0 bridgehead atoms. The molecule has 1 fully saturated rings. The maximum atomic E-state index is 10.6. The van der Waals surface area contributed by atoms with Crippen LogP contribution in [-0.2, 0) is 10.2 Å². The Labute approximate surface area is 103 Å². The number of hydrogen-bond acceptors (Lipinski definition) is 2. The van der Waals surface area contributed by atoms with Gasteiger partial charge in [-0.25, -0.2) is 0 Å². The Morgan fingerprint density at radius 3 is 2.35 bits per heavy atom. The maximum Gasteiger partial charge on any atom is 0.150 e. The van der Waals surface area contributed by atoms with E-state index in [1.807, 2.05) is 12.1 Å². The summed E-state index contributed by atoms with van der Waals surface area (Å²) in [4.78, 5) is 10.6. The average Bonchev–Trinajstić information content (AvgIpc) is 2.28. The summed E-state index contributed by atoms with van der Waals surface area (Å²) in [5.74, 6) is 0. The van der Waals surface area contributed by atoms with Gasteiger partial charge in [-0.15, -0.1) is 0 Å². The highest BCUT2D eigenvalue weighted by molar-refractivity contribution is 5.74. The molecule has 0 aromatic heterocycles. The molecule has 17 heavy (non-hydrogen) atoms. The van der Waals surface area contributed by atoms with Gasteiger partial charge in [-0.1, -0.05) is 30.7 Å². The first kappa shape index (κ1) is 12.3. The van der Waals surface area contributed by atoms with E-state index in [2.05, 4.69) is 26.0 Å². The van der Waals surface area contributed by atoms with Gasteiger partial charge in [-0.3, -0.25) is 4.79 Å². The Morgan fingerprint density at radius 1 is 1.29 bits per heavy atom. The molecule has 0 spiro atoms. The summed E-state index contributed by atoms with van der Waals surface area (Å²) in [5.41, 5.74) is 2.26. The molecule has 2 heteroatoms. The van der Waals surface area contributed by atoms with Gasteiger partial charge < -0.3 is 4.74 Å². The third-order valence-electron chi connectivity index (χ3n) is 3.66. The quantitative estimate of drug-likeness (QED) is 0.728. The molecule has 1 aliphatic rings. The van der Waals surface area contributed by atoms with Gasteiger partial charge in [0.25, 0.3) is 0 Å². The van der Waals surface area contributed by atoms with Gasteiger partial charge in [0.1, 0.15) is 6.29 Å². The zero-order valence-electron chi connectivity index (χ0n) is 10.6. The van der Waals surface area contributed by atoms with Crippen LogP contribution in [0.3, 0.4) is 0 Å². The van der Waals surface area contributed by atoms with Crippen LogP contribution in [0.2, 0.25) is 0 Å². The molecule has 0 unspecified atom stereocenters. The molecule has 2 nitrogen and oxygen atoms in total. The van der Waals surface area contributed by atoms with Crippen LogP contribution >= 0.6 is 0 Å². The number of carbonyl (C=O) groups excluding carboxylic acids is 1. The van der Waals surface area contributed by atoms with Crippen LogP contribution in [0, 0.1) is 0 Å². The van der Waals surface area contributed by atoms with Crippen molar-refractivity contribution < 1.29 is 9.53 Å². The van der Waals surface area contributed by atoms with Crippen molar-refractivity contribution in [2.75, 3.05) is 6.61 Å². The van der Waals surface area contributed by atoms with Gasteiger partial charge in [-0.05, 0) is 32.3 Å². The lowest BCUT2D eigenvalue weighted by atomic mass is 9.65. The molecule has 1 aliphatic carbocycles. The molecule has 1 aromatic carbocycles. The van der Waals surface area contributed by atoms with Crippen molar-refractivity contribution in [3.8, 4) is 0 Å². The second kappa shape index (κ2) is 5.01. The molecule has 0 N–H and O–H groups in total. The van der Waals surface area contributed by atoms with Gasteiger partial charge in [0, 0.05) is 11.0 Å². The minimum atomic E-state index is 0.200. The summed E-state index contributed by atoms with van der Waals surface area (Å²) in [6.45, 7) is 4.94. The SMILES string of the molecule is CC(C)OCC1(c2ccc(C=O)cc2)CCC1. The first-order chi connectivity index (χ1) is 8.16. The third kappa shape index (κ3) is 2.58. The fourth-order valence-electron chi connectivity index (χ4n) is 2.36. The minimum absolute atomic E-state index is 0.200. The van der Waals surface area contributed by atoms with Crippen LogP contribution in [0.4, 0.5) is 0 Å². The predicted octanol–water partition coefficient (Wildman–Crippen LogP) is 3.35. The normalized spacial score (nSPS) is 17.8. The van der Waals surface area contributed by atoms with Crippen LogP contribution in [0.15, 0.2) is 24.3 Å². The second-order valence-electron chi connectivity index (χ2n) is 5.23.